The average Bonchev–Trinajstić information content (AvgIpc) is 3.10. The van der Waals surface area contributed by atoms with Gasteiger partial charge < -0.3 is 19.3 Å². The highest BCUT2D eigenvalue weighted by molar-refractivity contribution is 5.67. The van der Waals surface area contributed by atoms with Crippen molar-refractivity contribution in [3.8, 4) is 0 Å². The summed E-state index contributed by atoms with van der Waals surface area (Å²) in [5, 5.41) is 10.0. The number of carbonyl (C=O) groups excluding carboxylic acids is 2. The Kier molecular flexibility index (Phi) is 9.26. The standard InChI is InChI=1S/C30H46O6/c1-19-24(17-25(35-21(3)31)18-28(19)36-22(4)32)11-10-23-9-8-14-30(7)26(12-13-27(23)30)20(2)34-16-15-29(5,6)33/h10-11,20,25-28,33H,1,8-9,12-18H2,2-7H3/t20-,25+,26+,27-,28-,30+/m0/s1. The largest absolute Gasteiger partial charge is 0.462 e. The van der Waals surface area contributed by atoms with Crippen LogP contribution in [0.5, 0.6) is 0 Å². The second-order valence-corrected chi connectivity index (χ2v) is 12.0. The highest BCUT2D eigenvalue weighted by Crippen LogP contribution is 2.58. The van der Waals surface area contributed by atoms with E-state index in [0.29, 0.717) is 37.7 Å². The van der Waals surface area contributed by atoms with Gasteiger partial charge in [0.25, 0.3) is 0 Å². The van der Waals surface area contributed by atoms with Gasteiger partial charge in [-0.25, -0.2) is 0 Å². The smallest absolute Gasteiger partial charge is 0.303 e. The molecule has 3 saturated carbocycles. The fourth-order valence-electron chi connectivity index (χ4n) is 6.74. The Bertz CT molecular complexity index is 894. The number of ether oxygens (including phenoxy) is 3. The molecule has 0 radical (unpaired) electrons. The van der Waals surface area contributed by atoms with Crippen LogP contribution in [0.1, 0.15) is 92.9 Å². The molecule has 0 saturated heterocycles. The maximum Gasteiger partial charge on any atom is 0.303 e. The average molecular weight is 503 g/mol. The molecule has 6 nitrogen and oxygen atoms in total. The third kappa shape index (κ3) is 7.10. The predicted molar refractivity (Wildman–Crippen MR) is 140 cm³/mol. The highest BCUT2D eigenvalue weighted by Gasteiger charge is 2.51. The molecule has 0 spiro atoms. The summed E-state index contributed by atoms with van der Waals surface area (Å²) < 4.78 is 17.2. The van der Waals surface area contributed by atoms with E-state index in [0.717, 1.165) is 36.8 Å². The first-order valence-corrected chi connectivity index (χ1v) is 13.6. The Morgan fingerprint density at radius 1 is 1.19 bits per heavy atom. The fraction of sp³-hybridized carbons (Fsp3) is 0.733. The van der Waals surface area contributed by atoms with E-state index in [4.69, 9.17) is 14.2 Å². The zero-order valence-corrected chi connectivity index (χ0v) is 23.1. The van der Waals surface area contributed by atoms with Crippen LogP contribution in [0.4, 0.5) is 0 Å². The predicted octanol–water partition coefficient (Wildman–Crippen LogP) is 5.84. The minimum absolute atomic E-state index is 0.159. The van der Waals surface area contributed by atoms with Gasteiger partial charge in [-0.2, -0.15) is 0 Å². The van der Waals surface area contributed by atoms with Crippen LogP contribution in [0.15, 0.2) is 35.5 Å². The van der Waals surface area contributed by atoms with E-state index in [2.05, 4.69) is 32.6 Å². The fourth-order valence-corrected chi connectivity index (χ4v) is 6.74. The zero-order chi connectivity index (χ0) is 26.7. The minimum Gasteiger partial charge on any atom is -0.462 e. The lowest BCUT2D eigenvalue weighted by Gasteiger charge is -2.44. The first-order chi connectivity index (χ1) is 16.8. The lowest BCUT2D eigenvalue weighted by Crippen LogP contribution is -2.39. The van der Waals surface area contributed by atoms with Gasteiger partial charge in [0.05, 0.1) is 11.7 Å². The molecular formula is C30H46O6. The van der Waals surface area contributed by atoms with Gasteiger partial charge in [0.15, 0.2) is 0 Å². The molecular weight excluding hydrogens is 456 g/mol. The molecule has 3 rings (SSSR count). The second-order valence-electron chi connectivity index (χ2n) is 12.0. The van der Waals surface area contributed by atoms with E-state index in [1.807, 2.05) is 13.8 Å². The van der Waals surface area contributed by atoms with Crippen LogP contribution in [-0.2, 0) is 23.8 Å². The molecule has 202 valence electrons. The van der Waals surface area contributed by atoms with Gasteiger partial charge in [-0.05, 0) is 87.7 Å². The molecule has 1 N–H and O–H groups in total. The summed E-state index contributed by atoms with van der Waals surface area (Å²) in [7, 11) is 0. The third-order valence-corrected chi connectivity index (χ3v) is 8.56. The molecule has 3 aliphatic rings. The number of hydrogen-bond acceptors (Lipinski definition) is 6. The van der Waals surface area contributed by atoms with E-state index >= 15 is 0 Å². The number of esters is 2. The molecule has 3 aliphatic carbocycles. The Labute approximate surface area is 217 Å². The van der Waals surface area contributed by atoms with Gasteiger partial charge in [0.2, 0.25) is 0 Å². The van der Waals surface area contributed by atoms with Crippen molar-refractivity contribution in [2.24, 2.45) is 17.3 Å². The maximum absolute atomic E-state index is 11.6. The summed E-state index contributed by atoms with van der Waals surface area (Å²) in [6, 6.07) is 0. The van der Waals surface area contributed by atoms with Gasteiger partial charge in [-0.3, -0.25) is 9.59 Å². The molecule has 6 heteroatoms. The molecule has 0 aromatic carbocycles. The minimum atomic E-state index is -0.706. The highest BCUT2D eigenvalue weighted by atomic mass is 16.6. The zero-order valence-electron chi connectivity index (χ0n) is 23.1. The van der Waals surface area contributed by atoms with Crippen molar-refractivity contribution in [1.82, 2.24) is 0 Å². The van der Waals surface area contributed by atoms with Gasteiger partial charge in [0, 0.05) is 33.3 Å². The number of allylic oxidation sites excluding steroid dienone is 3. The van der Waals surface area contributed by atoms with E-state index in [1.54, 1.807) is 0 Å². The topological polar surface area (TPSA) is 82.1 Å². The Balaban J connectivity index is 1.75. The normalized spacial score (nSPS) is 33.9. The number of rotatable bonds is 8. The van der Waals surface area contributed by atoms with Crippen LogP contribution < -0.4 is 0 Å². The molecule has 0 aromatic rings. The maximum atomic E-state index is 11.6. The van der Waals surface area contributed by atoms with E-state index in [1.165, 1.54) is 25.8 Å². The molecule has 6 atom stereocenters. The van der Waals surface area contributed by atoms with Crippen LogP contribution in [0.25, 0.3) is 0 Å². The van der Waals surface area contributed by atoms with Crippen molar-refractivity contribution in [2.45, 2.75) is 117 Å². The lowest BCUT2D eigenvalue weighted by atomic mass is 9.62. The van der Waals surface area contributed by atoms with Gasteiger partial charge in [-0.1, -0.05) is 31.2 Å². The number of fused-ring (bicyclic) bond motifs is 1. The molecule has 3 fully saturated rings. The first kappa shape index (κ1) is 28.6. The number of aliphatic hydroxyl groups is 1. The van der Waals surface area contributed by atoms with Crippen LogP contribution in [0.3, 0.4) is 0 Å². The summed E-state index contributed by atoms with van der Waals surface area (Å²) >= 11 is 0. The van der Waals surface area contributed by atoms with Gasteiger partial charge >= 0.3 is 11.9 Å². The summed E-state index contributed by atoms with van der Waals surface area (Å²) in [4.78, 5) is 23.2. The summed E-state index contributed by atoms with van der Waals surface area (Å²) in [5.74, 6) is 0.317. The molecule has 0 unspecified atom stereocenters. The van der Waals surface area contributed by atoms with Crippen molar-refractivity contribution in [2.75, 3.05) is 6.61 Å². The second kappa shape index (κ2) is 11.6. The van der Waals surface area contributed by atoms with Crippen molar-refractivity contribution < 1.29 is 28.9 Å². The van der Waals surface area contributed by atoms with E-state index in [9.17, 15) is 14.7 Å². The molecule has 0 bridgehead atoms. The summed E-state index contributed by atoms with van der Waals surface area (Å²) in [6.45, 7) is 15.9. The Hall–Kier alpha value is -1.92. The van der Waals surface area contributed by atoms with Crippen molar-refractivity contribution in [1.29, 1.82) is 0 Å². The molecule has 0 amide bonds. The molecule has 0 heterocycles. The molecule has 0 aromatic heterocycles. The van der Waals surface area contributed by atoms with Gasteiger partial charge in [-0.15, -0.1) is 0 Å². The van der Waals surface area contributed by atoms with Crippen LogP contribution in [-0.4, -0.2) is 47.6 Å². The third-order valence-electron chi connectivity index (χ3n) is 8.56. The quantitative estimate of drug-likeness (QED) is 0.420. The summed E-state index contributed by atoms with van der Waals surface area (Å²) in [5.41, 5.74) is 2.73. The monoisotopic (exact) mass is 502 g/mol. The molecule has 36 heavy (non-hydrogen) atoms. The SMILES string of the molecule is C=C1C(=CC=C2CCC[C@]3(C)[C@@H]([C@H](C)OCCC(C)(C)O)CC[C@@H]23)C[C@@H](OC(C)=O)C[C@@H]1OC(C)=O. The molecule has 0 aliphatic heterocycles. The van der Waals surface area contributed by atoms with Crippen molar-refractivity contribution >= 4 is 11.9 Å². The number of hydrogen-bond donors (Lipinski definition) is 1. The van der Waals surface area contributed by atoms with E-state index < -0.39 is 11.7 Å². The van der Waals surface area contributed by atoms with Crippen molar-refractivity contribution in [3.05, 3.63) is 35.5 Å². The van der Waals surface area contributed by atoms with Crippen LogP contribution in [0, 0.1) is 17.3 Å². The van der Waals surface area contributed by atoms with Crippen LogP contribution in [0.2, 0.25) is 0 Å². The number of carbonyl (C=O) groups is 2. The van der Waals surface area contributed by atoms with E-state index in [-0.39, 0.29) is 29.6 Å². The summed E-state index contributed by atoms with van der Waals surface area (Å²) in [6.07, 6.45) is 11.1. The Morgan fingerprint density at radius 3 is 2.53 bits per heavy atom. The van der Waals surface area contributed by atoms with Crippen LogP contribution >= 0.6 is 0 Å². The van der Waals surface area contributed by atoms with Crippen molar-refractivity contribution in [3.63, 3.8) is 0 Å². The lowest BCUT2D eigenvalue weighted by molar-refractivity contribution is -0.152. The Morgan fingerprint density at radius 2 is 1.89 bits per heavy atom. The first-order valence-electron chi connectivity index (χ1n) is 13.6. The van der Waals surface area contributed by atoms with Gasteiger partial charge in [0.1, 0.15) is 12.2 Å².